The van der Waals surface area contributed by atoms with Gasteiger partial charge >= 0.3 is 6.18 Å². The first-order valence-electron chi connectivity index (χ1n) is 17.2. The lowest BCUT2D eigenvalue weighted by molar-refractivity contribution is -0.137. The molecule has 0 bridgehead atoms. The lowest BCUT2D eigenvalue weighted by Crippen LogP contribution is -2.64. The molecule has 13 nitrogen and oxygen atoms in total. The molecule has 1 spiro atoms. The number of hydrogen-bond acceptors (Lipinski definition) is 9. The van der Waals surface area contributed by atoms with Gasteiger partial charge in [0.25, 0.3) is 11.5 Å². The summed E-state index contributed by atoms with van der Waals surface area (Å²) in [5.41, 5.74) is 0.565. The van der Waals surface area contributed by atoms with Gasteiger partial charge in [-0.25, -0.2) is 9.97 Å². The van der Waals surface area contributed by atoms with Crippen LogP contribution in [0.5, 0.6) is 5.75 Å². The third kappa shape index (κ3) is 4.82. The maximum atomic E-state index is 14.7. The van der Waals surface area contributed by atoms with E-state index in [1.54, 1.807) is 16.4 Å². The molecule has 9 rings (SSSR count). The van der Waals surface area contributed by atoms with Crippen molar-refractivity contribution >= 4 is 40.5 Å². The van der Waals surface area contributed by atoms with Crippen LogP contribution in [0.3, 0.4) is 0 Å². The number of carbonyl (C=O) groups excluding carboxylic acids is 2. The van der Waals surface area contributed by atoms with E-state index in [4.69, 9.17) is 21.3 Å². The summed E-state index contributed by atoms with van der Waals surface area (Å²) in [7, 11) is 0. The number of benzene rings is 1. The molecule has 2 amide bonds. The van der Waals surface area contributed by atoms with Crippen LogP contribution in [0.15, 0.2) is 35.4 Å². The minimum atomic E-state index is -4.60. The zero-order valence-electron chi connectivity index (χ0n) is 27.8. The van der Waals surface area contributed by atoms with E-state index >= 15 is 0 Å². The molecule has 5 aliphatic rings. The first kappa shape index (κ1) is 33.0. The standard InChI is InChI=1S/C35H32ClF3N8O5/c1-16-29(49)27(41-15-40-16)32(51)45-9-8-34(20-3-5-24(20)45)21-13-19(21)28-26(34)31(50)47-33(43-30(44-47)17-6-10-52-11-7-17)46(28)14-25(48)42-23-4-2-18(12-22(23)36)35(37,38)39/h2,4,6,12,15,19-21,24,49H,3,5,7-11,13-14H2,1H3,(H,42,48)/t19?,20-,21?,24+,34+/m1/s1. The van der Waals surface area contributed by atoms with Crippen molar-refractivity contribution in [1.82, 2.24) is 34.0 Å². The first-order chi connectivity index (χ1) is 24.9. The lowest BCUT2D eigenvalue weighted by atomic mass is 9.54. The number of amides is 2. The molecular weight excluding hydrogens is 705 g/mol. The topological polar surface area (TPSA) is 157 Å². The van der Waals surface area contributed by atoms with Crippen LogP contribution in [0, 0.1) is 18.8 Å². The van der Waals surface area contributed by atoms with Crippen molar-refractivity contribution in [3.05, 3.63) is 80.0 Å². The molecular formula is C35H32ClF3N8O5. The van der Waals surface area contributed by atoms with Crippen molar-refractivity contribution < 1.29 is 32.6 Å². The van der Waals surface area contributed by atoms with E-state index in [2.05, 4.69) is 20.4 Å². The quantitative estimate of drug-likeness (QED) is 0.302. The number of rotatable bonds is 5. The first-order valence-corrected chi connectivity index (χ1v) is 17.6. The van der Waals surface area contributed by atoms with Crippen LogP contribution >= 0.6 is 11.6 Å². The Balaban J connectivity index is 1.12. The second kappa shape index (κ2) is 11.6. The Kier molecular flexibility index (Phi) is 7.36. The number of nitrogens with zero attached hydrogens (tertiary/aromatic N) is 7. The molecule has 3 fully saturated rings. The molecule has 4 aromatic rings. The van der Waals surface area contributed by atoms with Gasteiger partial charge in [-0.15, -0.1) is 5.10 Å². The summed E-state index contributed by atoms with van der Waals surface area (Å²) in [4.78, 5) is 56.8. The highest BCUT2D eigenvalue weighted by atomic mass is 35.5. The van der Waals surface area contributed by atoms with E-state index in [1.807, 2.05) is 6.08 Å². The minimum absolute atomic E-state index is 0.0166. The van der Waals surface area contributed by atoms with Gasteiger partial charge in [0.15, 0.2) is 17.3 Å². The van der Waals surface area contributed by atoms with Crippen LogP contribution < -0.4 is 10.9 Å². The summed E-state index contributed by atoms with van der Waals surface area (Å²) < 4.78 is 48.3. The van der Waals surface area contributed by atoms with Crippen molar-refractivity contribution in [2.45, 2.75) is 69.1 Å². The summed E-state index contributed by atoms with van der Waals surface area (Å²) in [6, 6.07) is 2.54. The number of likely N-dealkylation sites (tertiary alicyclic amines) is 1. The van der Waals surface area contributed by atoms with Crippen LogP contribution in [0.4, 0.5) is 18.9 Å². The molecule has 3 aliphatic carbocycles. The largest absolute Gasteiger partial charge is 0.504 e. The van der Waals surface area contributed by atoms with Crippen molar-refractivity contribution in [2.24, 2.45) is 11.8 Å². The number of aromatic hydroxyl groups is 1. The molecule has 1 saturated heterocycles. The van der Waals surface area contributed by atoms with Crippen molar-refractivity contribution in [1.29, 1.82) is 0 Å². The second-order valence-corrected chi connectivity index (χ2v) is 14.6. The monoisotopic (exact) mass is 736 g/mol. The molecule has 2 aliphatic heterocycles. The molecule has 1 aromatic carbocycles. The SMILES string of the molecule is Cc1ncnc(C(=O)N2CC[C@]3(c4c(n(CC(=O)Nc5ccc(C(F)(F)F)cc5Cl)c5nc(C6=CCOCC6)nn5c4=O)C4CC43)[C@@H]3CC[C@@H]32)c1O. The van der Waals surface area contributed by atoms with E-state index in [0.717, 1.165) is 43.0 Å². The van der Waals surface area contributed by atoms with Crippen LogP contribution in [-0.2, 0) is 27.7 Å². The van der Waals surface area contributed by atoms with E-state index < -0.39 is 23.1 Å². The molecule has 5 heterocycles. The Morgan fingerprint density at radius 2 is 2.02 bits per heavy atom. The fraction of sp³-hybridized carbons (Fsp3) is 0.457. The summed E-state index contributed by atoms with van der Waals surface area (Å²) in [6.45, 7) is 2.49. The van der Waals surface area contributed by atoms with Gasteiger partial charge in [0, 0.05) is 35.2 Å². The number of piperidine rings is 1. The van der Waals surface area contributed by atoms with E-state index in [9.17, 15) is 32.7 Å². The second-order valence-electron chi connectivity index (χ2n) is 14.2. The number of carbonyl (C=O) groups is 2. The summed E-state index contributed by atoms with van der Waals surface area (Å²) in [5, 5.41) is 17.7. The van der Waals surface area contributed by atoms with Crippen molar-refractivity contribution in [3.8, 4) is 5.75 Å². The predicted octanol–water partition coefficient (Wildman–Crippen LogP) is 4.49. The van der Waals surface area contributed by atoms with Gasteiger partial charge in [-0.1, -0.05) is 17.7 Å². The summed E-state index contributed by atoms with van der Waals surface area (Å²) in [5.74, 6) is -0.624. The number of anilines is 1. The van der Waals surface area contributed by atoms with Crippen molar-refractivity contribution in [2.75, 3.05) is 25.1 Å². The van der Waals surface area contributed by atoms with Crippen molar-refractivity contribution in [3.63, 3.8) is 0 Å². The minimum Gasteiger partial charge on any atom is -0.504 e. The van der Waals surface area contributed by atoms with Gasteiger partial charge < -0.3 is 24.6 Å². The third-order valence-corrected chi connectivity index (χ3v) is 12.0. The molecule has 5 atom stereocenters. The third-order valence-electron chi connectivity index (χ3n) is 11.7. The van der Waals surface area contributed by atoms with Gasteiger partial charge in [0.2, 0.25) is 11.7 Å². The molecule has 270 valence electrons. The molecule has 3 aromatic heterocycles. The van der Waals surface area contributed by atoms with E-state index in [-0.39, 0.29) is 69.7 Å². The molecule has 2 saturated carbocycles. The zero-order valence-corrected chi connectivity index (χ0v) is 28.5. The maximum Gasteiger partial charge on any atom is 0.416 e. The zero-order chi connectivity index (χ0) is 36.3. The van der Waals surface area contributed by atoms with Gasteiger partial charge in [-0.05, 0) is 74.6 Å². The van der Waals surface area contributed by atoms with Crippen LogP contribution in [0.1, 0.15) is 76.8 Å². The Morgan fingerprint density at radius 3 is 2.73 bits per heavy atom. The highest BCUT2D eigenvalue weighted by Crippen LogP contribution is 2.72. The van der Waals surface area contributed by atoms with Gasteiger partial charge in [-0.2, -0.15) is 22.7 Å². The van der Waals surface area contributed by atoms with Gasteiger partial charge in [0.1, 0.15) is 12.9 Å². The molecule has 0 radical (unpaired) electrons. The average molecular weight is 737 g/mol. The number of aromatic nitrogens is 6. The number of ether oxygens (including phenoxy) is 1. The molecule has 52 heavy (non-hydrogen) atoms. The average Bonchev–Trinajstić information content (AvgIpc) is 3.68. The van der Waals surface area contributed by atoms with E-state index in [0.29, 0.717) is 55.4 Å². The Morgan fingerprint density at radius 1 is 1.19 bits per heavy atom. The van der Waals surface area contributed by atoms with Gasteiger partial charge in [0.05, 0.1) is 35.2 Å². The normalized spacial score (nSPS) is 26.0. The maximum absolute atomic E-state index is 14.7. The number of aryl methyl sites for hydroxylation is 1. The smallest absolute Gasteiger partial charge is 0.416 e. The predicted molar refractivity (Wildman–Crippen MR) is 179 cm³/mol. The fourth-order valence-electron chi connectivity index (χ4n) is 9.19. The highest BCUT2D eigenvalue weighted by Gasteiger charge is 2.70. The summed E-state index contributed by atoms with van der Waals surface area (Å²) in [6.07, 6.45) is 1.86. The van der Waals surface area contributed by atoms with Crippen LogP contribution in [0.2, 0.25) is 5.02 Å². The summed E-state index contributed by atoms with van der Waals surface area (Å²) >= 11 is 6.18. The number of nitrogens with one attached hydrogen (secondary N) is 1. The highest BCUT2D eigenvalue weighted by molar-refractivity contribution is 6.33. The number of fused-ring (bicyclic) bond motifs is 8. The molecule has 17 heteroatoms. The van der Waals surface area contributed by atoms with E-state index in [1.165, 1.54) is 10.8 Å². The number of halogens is 4. The Labute approximate surface area is 298 Å². The number of alkyl halides is 3. The molecule has 2 N–H and O–H groups in total. The molecule has 2 unspecified atom stereocenters. The van der Waals surface area contributed by atoms with Gasteiger partial charge in [-0.3, -0.25) is 14.4 Å². The van der Waals surface area contributed by atoms with Crippen LogP contribution in [-0.4, -0.2) is 76.8 Å². The Bertz CT molecular complexity index is 2310. The fourth-order valence-corrected chi connectivity index (χ4v) is 9.42. The van der Waals surface area contributed by atoms with Crippen LogP contribution in [0.25, 0.3) is 11.4 Å². The Hall–Kier alpha value is -4.83. The lowest BCUT2D eigenvalue weighted by Gasteiger charge is -2.58. The number of hydrogen-bond donors (Lipinski definition) is 2.